The van der Waals surface area contributed by atoms with Crippen molar-refractivity contribution in [1.82, 2.24) is 0 Å². The summed E-state index contributed by atoms with van der Waals surface area (Å²) in [6, 6.07) is 16.3. The van der Waals surface area contributed by atoms with Crippen molar-refractivity contribution in [3.63, 3.8) is 0 Å². The molecule has 3 rings (SSSR count). The van der Waals surface area contributed by atoms with Gasteiger partial charge in [-0.1, -0.05) is 43.3 Å². The highest BCUT2D eigenvalue weighted by molar-refractivity contribution is 7.27. The van der Waals surface area contributed by atoms with Gasteiger partial charge in [0.25, 0.3) is 9.03 Å². The average molecular weight is 244 g/mol. The number of benzene rings is 2. The highest BCUT2D eigenvalue weighted by atomic mass is 31.1. The molecule has 1 aliphatic rings. The van der Waals surface area contributed by atoms with Gasteiger partial charge in [0.2, 0.25) is 0 Å². The van der Waals surface area contributed by atoms with Crippen LogP contribution in [-0.2, 0) is 0 Å². The van der Waals surface area contributed by atoms with E-state index in [-0.39, 0.29) is 15.0 Å². The van der Waals surface area contributed by atoms with Crippen LogP contribution in [0, 0.1) is 0 Å². The normalized spacial score (nSPS) is 19.2. The van der Waals surface area contributed by atoms with Crippen LogP contribution in [0.5, 0.6) is 11.5 Å². The molecule has 0 amide bonds. The van der Waals surface area contributed by atoms with Crippen LogP contribution >= 0.6 is 9.03 Å². The van der Waals surface area contributed by atoms with Crippen molar-refractivity contribution in [3.05, 3.63) is 59.7 Å². The summed E-state index contributed by atoms with van der Waals surface area (Å²) in [4.78, 5) is 0. The Morgan fingerprint density at radius 1 is 0.824 bits per heavy atom. The monoisotopic (exact) mass is 244 g/mol. The van der Waals surface area contributed by atoms with Gasteiger partial charge in [0.15, 0.2) is 0 Å². The minimum Gasteiger partial charge on any atom is -0.440 e. The molecule has 2 aromatic carbocycles. The summed E-state index contributed by atoms with van der Waals surface area (Å²) in [6.45, 7) is 2.18. The number of hydrogen-bond donors (Lipinski definition) is 0. The van der Waals surface area contributed by atoms with Gasteiger partial charge in [-0.3, -0.25) is 0 Å². The van der Waals surface area contributed by atoms with Gasteiger partial charge in [0.05, 0.1) is 0 Å². The molecule has 0 aromatic heterocycles. The molecule has 0 saturated carbocycles. The fourth-order valence-electron chi connectivity index (χ4n) is 2.14. The number of fused-ring (bicyclic) bond motifs is 2. The van der Waals surface area contributed by atoms with Crippen LogP contribution in [0.3, 0.4) is 0 Å². The third-order valence-electron chi connectivity index (χ3n) is 3.07. The van der Waals surface area contributed by atoms with Crippen LogP contribution in [-0.4, -0.2) is 0 Å². The van der Waals surface area contributed by atoms with Crippen molar-refractivity contribution in [3.8, 4) is 11.5 Å². The lowest BCUT2D eigenvalue weighted by molar-refractivity contribution is 0.495. The predicted molar refractivity (Wildman–Crippen MR) is 70.0 cm³/mol. The van der Waals surface area contributed by atoms with Crippen LogP contribution in [0.25, 0.3) is 0 Å². The van der Waals surface area contributed by atoms with Gasteiger partial charge in [0, 0.05) is 17.0 Å². The summed E-state index contributed by atoms with van der Waals surface area (Å²) < 4.78 is 11.3. The van der Waals surface area contributed by atoms with E-state index in [9.17, 15) is 0 Å². The Morgan fingerprint density at radius 2 is 1.29 bits per heavy atom. The molecular weight excluding hydrogens is 231 g/mol. The first kappa shape index (κ1) is 10.6. The van der Waals surface area contributed by atoms with Crippen LogP contribution < -0.4 is 9.05 Å². The lowest BCUT2D eigenvalue weighted by Gasteiger charge is -2.22. The lowest BCUT2D eigenvalue weighted by Crippen LogP contribution is -2.03. The van der Waals surface area contributed by atoms with E-state index < -0.39 is 0 Å². The average Bonchev–Trinajstić information content (AvgIpc) is 2.37. The molecule has 0 fully saturated rings. The first-order chi connectivity index (χ1) is 8.36. The molecule has 0 N–H and O–H groups in total. The molecule has 3 heteroatoms. The number of hydrogen-bond acceptors (Lipinski definition) is 2. The summed E-state index contributed by atoms with van der Waals surface area (Å²) in [5, 5.41) is 0. The Labute approximate surface area is 103 Å². The van der Waals surface area contributed by atoms with Crippen molar-refractivity contribution < 1.29 is 9.05 Å². The van der Waals surface area contributed by atoms with Crippen molar-refractivity contribution in [2.75, 3.05) is 0 Å². The molecule has 86 valence electrons. The van der Waals surface area contributed by atoms with E-state index in [1.807, 2.05) is 36.4 Å². The summed E-state index contributed by atoms with van der Waals surface area (Å²) in [6.07, 6.45) is 0. The van der Waals surface area contributed by atoms with Gasteiger partial charge in [-0.05, 0) is 12.1 Å². The second kappa shape index (κ2) is 4.38. The quantitative estimate of drug-likeness (QED) is 0.649. The van der Waals surface area contributed by atoms with Gasteiger partial charge in [0.1, 0.15) is 11.5 Å². The fraction of sp³-hybridized carbons (Fsp3) is 0.143. The zero-order valence-electron chi connectivity index (χ0n) is 9.51. The van der Waals surface area contributed by atoms with E-state index >= 15 is 0 Å². The SMILES string of the molecule is CC1c2ccccc2OPOc2ccccc21. The second-order valence-electron chi connectivity index (χ2n) is 4.08. The van der Waals surface area contributed by atoms with Gasteiger partial charge in [-0.2, -0.15) is 0 Å². The van der Waals surface area contributed by atoms with Gasteiger partial charge >= 0.3 is 0 Å². The van der Waals surface area contributed by atoms with E-state index in [1.165, 1.54) is 11.1 Å². The molecule has 2 aromatic rings. The van der Waals surface area contributed by atoms with Crippen LogP contribution in [0.4, 0.5) is 0 Å². The van der Waals surface area contributed by atoms with Crippen molar-refractivity contribution >= 4 is 9.03 Å². The molecule has 0 bridgehead atoms. The smallest absolute Gasteiger partial charge is 0.275 e. The predicted octanol–water partition coefficient (Wildman–Crippen LogP) is 4.12. The van der Waals surface area contributed by atoms with Gasteiger partial charge in [-0.25, -0.2) is 0 Å². The Hall–Kier alpha value is -1.53. The largest absolute Gasteiger partial charge is 0.440 e. The van der Waals surface area contributed by atoms with E-state index in [0.717, 1.165) is 11.5 Å². The fourth-order valence-corrected chi connectivity index (χ4v) is 2.73. The highest BCUT2D eigenvalue weighted by Gasteiger charge is 2.19. The summed E-state index contributed by atoms with van der Waals surface area (Å²) in [7, 11) is 0.0140. The van der Waals surface area contributed by atoms with E-state index in [2.05, 4.69) is 19.1 Å². The van der Waals surface area contributed by atoms with Gasteiger partial charge in [-0.15, -0.1) is 0 Å². The molecular formula is C14H13O2P. The zero-order valence-corrected chi connectivity index (χ0v) is 10.5. The van der Waals surface area contributed by atoms with Crippen LogP contribution in [0.15, 0.2) is 48.5 Å². The Bertz CT molecular complexity index is 492. The maximum Gasteiger partial charge on any atom is 0.275 e. The molecule has 1 heterocycles. The topological polar surface area (TPSA) is 18.5 Å². The molecule has 2 nitrogen and oxygen atoms in total. The third-order valence-corrected chi connectivity index (χ3v) is 3.68. The number of rotatable bonds is 0. The molecule has 0 spiro atoms. The minimum atomic E-state index is 0.0140. The Morgan fingerprint density at radius 3 is 1.82 bits per heavy atom. The highest BCUT2D eigenvalue weighted by Crippen LogP contribution is 2.41. The van der Waals surface area contributed by atoms with E-state index in [0.29, 0.717) is 0 Å². The first-order valence-corrected chi connectivity index (χ1v) is 6.44. The molecule has 0 saturated heterocycles. The molecule has 0 atom stereocenters. The Balaban J connectivity index is 2.15. The zero-order chi connectivity index (χ0) is 11.7. The van der Waals surface area contributed by atoms with Gasteiger partial charge < -0.3 is 9.05 Å². The van der Waals surface area contributed by atoms with Crippen LogP contribution in [0.1, 0.15) is 24.0 Å². The standard InChI is InChI=1S/C14H13O2P/c1-10-11-6-2-4-8-13(11)15-17-16-14-9-5-3-7-12(10)14/h2-10,17H,1H3. The van der Waals surface area contributed by atoms with E-state index in [1.54, 1.807) is 0 Å². The van der Waals surface area contributed by atoms with Crippen molar-refractivity contribution in [1.29, 1.82) is 0 Å². The summed E-state index contributed by atoms with van der Waals surface area (Å²) >= 11 is 0. The second-order valence-corrected chi connectivity index (χ2v) is 4.66. The Kier molecular flexibility index (Phi) is 2.74. The molecule has 0 radical (unpaired) electrons. The van der Waals surface area contributed by atoms with Crippen LogP contribution in [0.2, 0.25) is 0 Å². The number of para-hydroxylation sites is 2. The lowest BCUT2D eigenvalue weighted by atomic mass is 9.92. The first-order valence-electron chi connectivity index (χ1n) is 5.63. The maximum absolute atomic E-state index is 5.66. The van der Waals surface area contributed by atoms with E-state index in [4.69, 9.17) is 9.05 Å². The molecule has 0 unspecified atom stereocenters. The minimum absolute atomic E-state index is 0.0140. The molecule has 1 aliphatic heterocycles. The third kappa shape index (κ3) is 1.89. The molecule has 17 heavy (non-hydrogen) atoms. The maximum atomic E-state index is 5.66. The van der Waals surface area contributed by atoms with Crippen molar-refractivity contribution in [2.45, 2.75) is 12.8 Å². The summed E-state index contributed by atoms with van der Waals surface area (Å²) in [5.74, 6) is 2.13. The summed E-state index contributed by atoms with van der Waals surface area (Å²) in [5.41, 5.74) is 2.44. The van der Waals surface area contributed by atoms with Crippen molar-refractivity contribution in [2.24, 2.45) is 0 Å². The molecule has 0 aliphatic carbocycles.